The van der Waals surface area contributed by atoms with E-state index in [1.807, 2.05) is 7.05 Å². The van der Waals surface area contributed by atoms with Crippen LogP contribution >= 0.6 is 0 Å². The van der Waals surface area contributed by atoms with Crippen LogP contribution in [0.5, 0.6) is 0 Å². The molecule has 0 radical (unpaired) electrons. The van der Waals surface area contributed by atoms with Gasteiger partial charge in [-0.15, -0.1) is 0 Å². The van der Waals surface area contributed by atoms with Gasteiger partial charge in [0.25, 0.3) is 0 Å². The smallest absolute Gasteiger partial charge is 0.303 e. The summed E-state index contributed by atoms with van der Waals surface area (Å²) in [5.74, 6) is -0.608. The highest BCUT2D eigenvalue weighted by Crippen LogP contribution is 2.24. The van der Waals surface area contributed by atoms with Crippen molar-refractivity contribution in [3.05, 3.63) is 0 Å². The molecule has 0 heterocycles. The number of hydrogen-bond acceptors (Lipinski definition) is 3. The predicted molar refractivity (Wildman–Crippen MR) is 64.7 cm³/mol. The number of carboxylic acid groups (broad SMARTS) is 1. The molecule has 1 rings (SSSR count). The fourth-order valence-electron chi connectivity index (χ4n) is 2.24. The van der Waals surface area contributed by atoms with Crippen LogP contribution in [0.15, 0.2) is 0 Å². The highest BCUT2D eigenvalue weighted by molar-refractivity contribution is 5.78. The van der Waals surface area contributed by atoms with Crippen molar-refractivity contribution in [2.75, 3.05) is 13.6 Å². The molecule has 5 nitrogen and oxygen atoms in total. The number of nitrogens with one attached hydrogen (secondary N) is 2. The standard InChI is InChI=1S/C12H22N2O3/c1-13-10-6-4-9(5-7-10)12(17)14-8-2-3-11(15)16/h9-10,13H,2-8H2,1H3,(H,14,17)(H,15,16). The quantitative estimate of drug-likeness (QED) is 0.600. The first-order valence-corrected chi connectivity index (χ1v) is 6.30. The Kier molecular flexibility index (Phi) is 5.97. The molecule has 0 unspecified atom stereocenters. The van der Waals surface area contributed by atoms with Gasteiger partial charge in [0.2, 0.25) is 5.91 Å². The minimum absolute atomic E-state index is 0.0879. The summed E-state index contributed by atoms with van der Waals surface area (Å²) in [6, 6.07) is 0.547. The fraction of sp³-hybridized carbons (Fsp3) is 0.833. The fourth-order valence-corrected chi connectivity index (χ4v) is 2.24. The minimum Gasteiger partial charge on any atom is -0.481 e. The van der Waals surface area contributed by atoms with E-state index in [0.717, 1.165) is 25.7 Å². The highest BCUT2D eigenvalue weighted by atomic mass is 16.4. The summed E-state index contributed by atoms with van der Waals surface area (Å²) >= 11 is 0. The van der Waals surface area contributed by atoms with Crippen molar-refractivity contribution < 1.29 is 14.7 Å². The Hall–Kier alpha value is -1.10. The Morgan fingerprint density at radius 3 is 2.41 bits per heavy atom. The lowest BCUT2D eigenvalue weighted by Gasteiger charge is -2.27. The van der Waals surface area contributed by atoms with Gasteiger partial charge < -0.3 is 15.7 Å². The lowest BCUT2D eigenvalue weighted by atomic mass is 9.85. The lowest BCUT2D eigenvalue weighted by Crippen LogP contribution is -2.37. The van der Waals surface area contributed by atoms with E-state index in [-0.39, 0.29) is 18.2 Å². The van der Waals surface area contributed by atoms with Crippen molar-refractivity contribution in [3.8, 4) is 0 Å². The molecule has 1 fully saturated rings. The zero-order valence-electron chi connectivity index (χ0n) is 10.4. The van der Waals surface area contributed by atoms with E-state index in [1.165, 1.54) is 0 Å². The van der Waals surface area contributed by atoms with Crippen LogP contribution in [0.4, 0.5) is 0 Å². The number of carbonyl (C=O) groups excluding carboxylic acids is 1. The van der Waals surface area contributed by atoms with Crippen molar-refractivity contribution in [1.82, 2.24) is 10.6 Å². The average molecular weight is 242 g/mol. The van der Waals surface area contributed by atoms with Gasteiger partial charge in [-0.25, -0.2) is 0 Å². The van der Waals surface area contributed by atoms with Crippen LogP contribution in [0.1, 0.15) is 38.5 Å². The zero-order valence-corrected chi connectivity index (χ0v) is 10.4. The molecule has 0 atom stereocenters. The Balaban J connectivity index is 2.14. The highest BCUT2D eigenvalue weighted by Gasteiger charge is 2.24. The van der Waals surface area contributed by atoms with Crippen LogP contribution < -0.4 is 10.6 Å². The first-order valence-electron chi connectivity index (χ1n) is 6.30. The second-order valence-electron chi connectivity index (χ2n) is 4.63. The minimum atomic E-state index is -0.811. The second kappa shape index (κ2) is 7.27. The molecule has 5 heteroatoms. The van der Waals surface area contributed by atoms with Gasteiger partial charge in [0.1, 0.15) is 0 Å². The van der Waals surface area contributed by atoms with Crippen LogP contribution in [-0.4, -0.2) is 36.6 Å². The van der Waals surface area contributed by atoms with Crippen molar-refractivity contribution in [2.24, 2.45) is 5.92 Å². The predicted octanol–water partition coefficient (Wildman–Crippen LogP) is 0.746. The zero-order chi connectivity index (χ0) is 12.7. The molecule has 1 aliphatic rings. The summed E-state index contributed by atoms with van der Waals surface area (Å²) in [4.78, 5) is 22.1. The van der Waals surface area contributed by atoms with Crippen molar-refractivity contribution in [3.63, 3.8) is 0 Å². The van der Waals surface area contributed by atoms with E-state index in [0.29, 0.717) is 19.0 Å². The van der Waals surface area contributed by atoms with Crippen molar-refractivity contribution in [1.29, 1.82) is 0 Å². The van der Waals surface area contributed by atoms with Crippen LogP contribution in [0.3, 0.4) is 0 Å². The third kappa shape index (κ3) is 5.17. The average Bonchev–Trinajstić information content (AvgIpc) is 2.34. The lowest BCUT2D eigenvalue weighted by molar-refractivity contribution is -0.137. The first-order chi connectivity index (χ1) is 8.13. The summed E-state index contributed by atoms with van der Waals surface area (Å²) in [5, 5.41) is 14.5. The third-order valence-corrected chi connectivity index (χ3v) is 3.37. The third-order valence-electron chi connectivity index (χ3n) is 3.37. The van der Waals surface area contributed by atoms with Gasteiger partial charge in [0.15, 0.2) is 0 Å². The molecule has 1 aliphatic carbocycles. The van der Waals surface area contributed by atoms with Gasteiger partial charge in [0, 0.05) is 24.9 Å². The van der Waals surface area contributed by atoms with E-state index in [2.05, 4.69) is 10.6 Å². The molecule has 0 saturated heterocycles. The maximum absolute atomic E-state index is 11.8. The Labute approximate surface area is 102 Å². The van der Waals surface area contributed by atoms with E-state index < -0.39 is 5.97 Å². The summed E-state index contributed by atoms with van der Waals surface area (Å²) in [5.41, 5.74) is 0. The molecule has 1 amide bonds. The summed E-state index contributed by atoms with van der Waals surface area (Å²) in [6.07, 6.45) is 4.57. The maximum atomic E-state index is 11.8. The number of carboxylic acids is 1. The van der Waals surface area contributed by atoms with E-state index in [4.69, 9.17) is 5.11 Å². The number of rotatable bonds is 6. The number of carbonyl (C=O) groups is 2. The Bertz CT molecular complexity index is 260. The molecule has 17 heavy (non-hydrogen) atoms. The van der Waals surface area contributed by atoms with E-state index >= 15 is 0 Å². The topological polar surface area (TPSA) is 78.4 Å². The monoisotopic (exact) mass is 242 g/mol. The van der Waals surface area contributed by atoms with E-state index in [1.54, 1.807) is 0 Å². The molecule has 0 spiro atoms. The van der Waals surface area contributed by atoms with Gasteiger partial charge in [0.05, 0.1) is 0 Å². The summed E-state index contributed by atoms with van der Waals surface area (Å²) < 4.78 is 0. The van der Waals surface area contributed by atoms with Gasteiger partial charge in [-0.2, -0.15) is 0 Å². The van der Waals surface area contributed by atoms with Crippen molar-refractivity contribution in [2.45, 2.75) is 44.6 Å². The van der Waals surface area contributed by atoms with Crippen LogP contribution in [0.2, 0.25) is 0 Å². The molecule has 0 aromatic carbocycles. The molecule has 0 aromatic rings. The molecule has 3 N–H and O–H groups in total. The summed E-state index contributed by atoms with van der Waals surface area (Å²) in [7, 11) is 1.96. The SMILES string of the molecule is CNC1CCC(C(=O)NCCCC(=O)O)CC1. The second-order valence-corrected chi connectivity index (χ2v) is 4.63. The van der Waals surface area contributed by atoms with Gasteiger partial charge >= 0.3 is 5.97 Å². The largest absolute Gasteiger partial charge is 0.481 e. The number of aliphatic carboxylic acids is 1. The Morgan fingerprint density at radius 2 is 1.88 bits per heavy atom. The van der Waals surface area contributed by atoms with Gasteiger partial charge in [-0.05, 0) is 39.2 Å². The number of hydrogen-bond donors (Lipinski definition) is 3. The molecule has 1 saturated carbocycles. The molecule has 0 bridgehead atoms. The normalized spacial score (nSPS) is 24.3. The molecule has 0 aromatic heterocycles. The Morgan fingerprint density at radius 1 is 1.24 bits per heavy atom. The van der Waals surface area contributed by atoms with Gasteiger partial charge in [-0.1, -0.05) is 0 Å². The first kappa shape index (κ1) is 14.0. The molecular weight excluding hydrogens is 220 g/mol. The van der Waals surface area contributed by atoms with Gasteiger partial charge in [-0.3, -0.25) is 9.59 Å². The molecular formula is C12H22N2O3. The van der Waals surface area contributed by atoms with Crippen molar-refractivity contribution >= 4 is 11.9 Å². The van der Waals surface area contributed by atoms with Crippen LogP contribution in [-0.2, 0) is 9.59 Å². The molecule has 98 valence electrons. The summed E-state index contributed by atoms with van der Waals surface area (Å²) in [6.45, 7) is 0.469. The number of amides is 1. The van der Waals surface area contributed by atoms with E-state index in [9.17, 15) is 9.59 Å². The maximum Gasteiger partial charge on any atom is 0.303 e. The molecule has 0 aliphatic heterocycles. The van der Waals surface area contributed by atoms with Crippen LogP contribution in [0.25, 0.3) is 0 Å². The van der Waals surface area contributed by atoms with Crippen LogP contribution in [0, 0.1) is 5.92 Å².